The minimum atomic E-state index is -3.76. The molecule has 1 amide bonds. The minimum Gasteiger partial charge on any atom is -0.348 e. The van der Waals surface area contributed by atoms with Crippen molar-refractivity contribution in [2.24, 2.45) is 0 Å². The van der Waals surface area contributed by atoms with Crippen molar-refractivity contribution < 1.29 is 22.0 Å². The number of aromatic amines is 1. The first-order chi connectivity index (χ1) is 13.2. The smallest absolute Gasteiger partial charge is 0.253 e. The molecule has 7 nitrogen and oxygen atoms in total. The molecule has 4 rings (SSSR count). The molecule has 3 aromatic rings. The third kappa shape index (κ3) is 3.47. The molecule has 0 atom stereocenters. The van der Waals surface area contributed by atoms with E-state index in [1.54, 1.807) is 24.4 Å². The molecule has 146 valence electrons. The summed E-state index contributed by atoms with van der Waals surface area (Å²) in [7, 11) is -3.76. The molecule has 1 fully saturated rings. The van der Waals surface area contributed by atoms with E-state index in [-0.39, 0.29) is 17.3 Å². The third-order valence-electron chi connectivity index (χ3n) is 4.75. The average molecular weight is 406 g/mol. The molecule has 0 bridgehead atoms. The number of nitrogens with zero attached hydrogens (tertiary/aromatic N) is 2. The number of amides is 1. The van der Waals surface area contributed by atoms with Gasteiger partial charge >= 0.3 is 0 Å². The van der Waals surface area contributed by atoms with Crippen LogP contribution in [0.1, 0.15) is 28.8 Å². The number of benzene rings is 1. The summed E-state index contributed by atoms with van der Waals surface area (Å²) in [4.78, 5) is 16.4. The Morgan fingerprint density at radius 2 is 1.93 bits per heavy atom. The fourth-order valence-electron chi connectivity index (χ4n) is 3.06. The van der Waals surface area contributed by atoms with Crippen LogP contribution in [0.4, 0.5) is 8.78 Å². The van der Waals surface area contributed by atoms with Crippen molar-refractivity contribution >= 4 is 26.8 Å². The van der Waals surface area contributed by atoms with Crippen molar-refractivity contribution in [2.75, 3.05) is 0 Å². The zero-order chi connectivity index (χ0) is 19.9. The summed E-state index contributed by atoms with van der Waals surface area (Å²) >= 11 is 0. The van der Waals surface area contributed by atoms with Crippen LogP contribution in [0.3, 0.4) is 0 Å². The largest absolute Gasteiger partial charge is 0.348 e. The van der Waals surface area contributed by atoms with E-state index in [9.17, 15) is 22.0 Å². The van der Waals surface area contributed by atoms with E-state index in [0.29, 0.717) is 22.2 Å². The first-order valence-corrected chi connectivity index (χ1v) is 10.1. The predicted molar refractivity (Wildman–Crippen MR) is 96.7 cm³/mol. The molecule has 2 heterocycles. The number of pyridine rings is 1. The zero-order valence-electron chi connectivity index (χ0n) is 14.5. The van der Waals surface area contributed by atoms with Crippen molar-refractivity contribution in [3.8, 4) is 0 Å². The Hall–Kier alpha value is -2.88. The highest BCUT2D eigenvalue weighted by Crippen LogP contribution is 2.43. The summed E-state index contributed by atoms with van der Waals surface area (Å²) in [5.41, 5.74) is 1.64. The van der Waals surface area contributed by atoms with Gasteiger partial charge in [-0.2, -0.15) is 5.10 Å². The Morgan fingerprint density at radius 1 is 1.21 bits per heavy atom. The molecule has 0 aliphatic heterocycles. The number of fused-ring (bicyclic) bond motifs is 1. The summed E-state index contributed by atoms with van der Waals surface area (Å²) in [6, 6.07) is 7.53. The first-order valence-electron chi connectivity index (χ1n) is 8.53. The second-order valence-corrected chi connectivity index (χ2v) is 9.02. The number of sulfone groups is 1. The number of hydrogen-bond acceptors (Lipinski definition) is 5. The van der Waals surface area contributed by atoms with Crippen molar-refractivity contribution in [3.05, 3.63) is 53.9 Å². The maximum absolute atomic E-state index is 13.0. The molecule has 10 heteroatoms. The van der Waals surface area contributed by atoms with Gasteiger partial charge in [-0.15, -0.1) is 0 Å². The monoisotopic (exact) mass is 406 g/mol. The van der Waals surface area contributed by atoms with E-state index in [0.717, 1.165) is 0 Å². The number of H-pyrrole nitrogens is 1. The quantitative estimate of drug-likeness (QED) is 0.677. The van der Waals surface area contributed by atoms with Crippen LogP contribution >= 0.6 is 0 Å². The van der Waals surface area contributed by atoms with E-state index in [4.69, 9.17) is 0 Å². The van der Waals surface area contributed by atoms with E-state index in [1.165, 1.54) is 18.3 Å². The number of halogens is 2. The Kier molecular flexibility index (Phi) is 4.37. The highest BCUT2D eigenvalue weighted by Gasteiger charge is 2.51. The number of nitrogens with one attached hydrogen (secondary N) is 2. The molecule has 2 aromatic heterocycles. The topological polar surface area (TPSA) is 105 Å². The fraction of sp³-hybridized carbons (Fsp3) is 0.278. The van der Waals surface area contributed by atoms with Gasteiger partial charge in [0.05, 0.1) is 21.9 Å². The summed E-state index contributed by atoms with van der Waals surface area (Å²) in [6.07, 6.45) is 1.72. The Morgan fingerprint density at radius 3 is 2.61 bits per heavy atom. The lowest BCUT2D eigenvalue weighted by Crippen LogP contribution is -2.44. The Balaban J connectivity index is 1.40. The summed E-state index contributed by atoms with van der Waals surface area (Å²) in [6.45, 7) is 0.185. The van der Waals surface area contributed by atoms with Gasteiger partial charge in [-0.25, -0.2) is 22.2 Å². The van der Waals surface area contributed by atoms with Crippen molar-refractivity contribution in [3.63, 3.8) is 0 Å². The molecule has 2 N–H and O–H groups in total. The molecule has 1 saturated carbocycles. The van der Waals surface area contributed by atoms with Gasteiger partial charge in [0.15, 0.2) is 15.5 Å². The fourth-order valence-corrected chi connectivity index (χ4v) is 4.89. The van der Waals surface area contributed by atoms with Crippen LogP contribution in [0.25, 0.3) is 11.0 Å². The maximum Gasteiger partial charge on any atom is 0.253 e. The van der Waals surface area contributed by atoms with Gasteiger partial charge in [-0.05, 0) is 23.8 Å². The van der Waals surface area contributed by atoms with Crippen LogP contribution in [0.15, 0.2) is 47.6 Å². The predicted octanol–water partition coefficient (Wildman–Crippen LogP) is 2.46. The summed E-state index contributed by atoms with van der Waals surface area (Å²) in [5, 5.41) is 8.94. The van der Waals surface area contributed by atoms with Gasteiger partial charge in [-0.3, -0.25) is 9.89 Å². The first kappa shape index (κ1) is 18.5. The standard InChI is InChI=1S/C18H16F2N4O3S/c19-18(20)6-15(7-18)28(26,27)14-3-1-11(2-4-14)8-22-17(25)13-5-12-10-23-24-16(12)21-9-13/h1-5,9-10,15H,6-8H2,(H,22,25)(H,21,23,24). The molecule has 0 saturated heterocycles. The van der Waals surface area contributed by atoms with Crippen molar-refractivity contribution in [2.45, 2.75) is 35.5 Å². The molecule has 1 aromatic carbocycles. The summed E-state index contributed by atoms with van der Waals surface area (Å²) < 4.78 is 50.6. The molecule has 0 unspecified atom stereocenters. The molecule has 1 aliphatic carbocycles. The van der Waals surface area contributed by atoms with E-state index in [1.807, 2.05) is 0 Å². The number of rotatable bonds is 5. The third-order valence-corrected chi connectivity index (χ3v) is 6.89. The molecule has 0 radical (unpaired) electrons. The Bertz CT molecular complexity index is 1140. The van der Waals surface area contributed by atoms with Crippen LogP contribution in [0.2, 0.25) is 0 Å². The maximum atomic E-state index is 13.0. The van der Waals surface area contributed by atoms with Gasteiger partial charge in [-0.1, -0.05) is 12.1 Å². The molecular weight excluding hydrogens is 390 g/mol. The summed E-state index contributed by atoms with van der Waals surface area (Å²) in [5.74, 6) is -3.22. The van der Waals surface area contributed by atoms with Crippen molar-refractivity contribution in [1.29, 1.82) is 0 Å². The highest BCUT2D eigenvalue weighted by molar-refractivity contribution is 7.92. The van der Waals surface area contributed by atoms with Gasteiger partial charge in [0, 0.05) is 31.0 Å². The highest BCUT2D eigenvalue weighted by atomic mass is 32.2. The van der Waals surface area contributed by atoms with Gasteiger partial charge in [0.2, 0.25) is 0 Å². The lowest BCUT2D eigenvalue weighted by Gasteiger charge is -2.34. The molecule has 28 heavy (non-hydrogen) atoms. The number of hydrogen-bond donors (Lipinski definition) is 2. The number of carbonyl (C=O) groups is 1. The van der Waals surface area contributed by atoms with Crippen LogP contribution < -0.4 is 5.32 Å². The van der Waals surface area contributed by atoms with Gasteiger partial charge in [0.1, 0.15) is 0 Å². The molecule has 1 aliphatic rings. The lowest BCUT2D eigenvalue weighted by molar-refractivity contribution is -0.0685. The minimum absolute atomic E-state index is 0.0117. The second kappa shape index (κ2) is 6.62. The normalized spacial score (nSPS) is 16.6. The van der Waals surface area contributed by atoms with Crippen LogP contribution in [0.5, 0.6) is 0 Å². The van der Waals surface area contributed by atoms with Crippen LogP contribution in [0, 0.1) is 0 Å². The lowest BCUT2D eigenvalue weighted by atomic mass is 9.94. The van der Waals surface area contributed by atoms with Crippen molar-refractivity contribution in [1.82, 2.24) is 20.5 Å². The Labute approximate surface area is 159 Å². The number of carbonyl (C=O) groups excluding carboxylic acids is 1. The van der Waals surface area contributed by atoms with Gasteiger partial charge < -0.3 is 5.32 Å². The van der Waals surface area contributed by atoms with E-state index < -0.39 is 33.9 Å². The zero-order valence-corrected chi connectivity index (χ0v) is 15.3. The number of aromatic nitrogens is 3. The SMILES string of the molecule is O=C(NCc1ccc(S(=O)(=O)C2CC(F)(F)C2)cc1)c1cnc2[nH]ncc2c1. The number of alkyl halides is 2. The molecular formula is C18H16F2N4O3S. The molecule has 0 spiro atoms. The van der Waals surface area contributed by atoms with Gasteiger partial charge in [0.25, 0.3) is 11.8 Å². The van der Waals surface area contributed by atoms with Crippen LogP contribution in [-0.2, 0) is 16.4 Å². The van der Waals surface area contributed by atoms with E-state index in [2.05, 4.69) is 20.5 Å². The second-order valence-electron chi connectivity index (χ2n) is 6.79. The average Bonchev–Trinajstić information content (AvgIpc) is 3.12. The van der Waals surface area contributed by atoms with E-state index >= 15 is 0 Å². The van der Waals surface area contributed by atoms with Crippen LogP contribution in [-0.4, -0.2) is 40.7 Å².